The van der Waals surface area contributed by atoms with Crippen LogP contribution < -0.4 is 5.73 Å². The highest BCUT2D eigenvalue weighted by molar-refractivity contribution is 6.35. The fourth-order valence-corrected chi connectivity index (χ4v) is 1.98. The third-order valence-electron chi connectivity index (χ3n) is 2.28. The van der Waals surface area contributed by atoms with Crippen molar-refractivity contribution in [3.05, 3.63) is 45.7 Å². The molecule has 1 heterocycles. The number of hydrogen-bond donors (Lipinski definition) is 1. The molecule has 0 spiro atoms. The minimum atomic E-state index is -0.572. The number of aromatic nitrogens is 2. The molecule has 1 aromatic carbocycles. The monoisotopic (exact) mass is 269 g/mol. The van der Waals surface area contributed by atoms with Crippen molar-refractivity contribution in [3.8, 4) is 5.69 Å². The van der Waals surface area contributed by atoms with Gasteiger partial charge in [-0.25, -0.2) is 4.68 Å². The van der Waals surface area contributed by atoms with Crippen LogP contribution in [0, 0.1) is 6.92 Å². The maximum Gasteiger partial charge on any atom is 0.269 e. The highest BCUT2D eigenvalue weighted by Gasteiger charge is 2.12. The molecule has 88 valence electrons. The first-order valence-electron chi connectivity index (χ1n) is 4.81. The predicted octanol–water partition coefficient (Wildman–Crippen LogP) is 2.59. The zero-order valence-electron chi connectivity index (χ0n) is 8.95. The smallest absolute Gasteiger partial charge is 0.269 e. The molecule has 2 aromatic rings. The van der Waals surface area contributed by atoms with Crippen molar-refractivity contribution >= 4 is 29.1 Å². The van der Waals surface area contributed by atoms with E-state index in [2.05, 4.69) is 5.10 Å². The highest BCUT2D eigenvalue weighted by atomic mass is 35.5. The number of rotatable bonds is 2. The Balaban J connectivity index is 2.56. The molecular formula is C11H9Cl2N3O. The molecule has 6 heteroatoms. The van der Waals surface area contributed by atoms with Gasteiger partial charge in [-0.2, -0.15) is 5.10 Å². The van der Waals surface area contributed by atoms with E-state index in [0.717, 1.165) is 5.69 Å². The van der Waals surface area contributed by atoms with Crippen LogP contribution in [0.2, 0.25) is 10.0 Å². The molecule has 0 saturated heterocycles. The number of nitrogens with zero attached hydrogens (tertiary/aromatic N) is 2. The van der Waals surface area contributed by atoms with Crippen LogP contribution in [0.15, 0.2) is 24.3 Å². The lowest BCUT2D eigenvalue weighted by Crippen LogP contribution is -2.12. The summed E-state index contributed by atoms with van der Waals surface area (Å²) in [6.07, 6.45) is 0. The SMILES string of the molecule is Cc1cc(C(N)=O)nn1-c1ccc(Cl)cc1Cl. The van der Waals surface area contributed by atoms with E-state index in [1.54, 1.807) is 28.9 Å². The van der Waals surface area contributed by atoms with Gasteiger partial charge >= 0.3 is 0 Å². The molecule has 0 fully saturated rings. The number of carbonyl (C=O) groups is 1. The maximum atomic E-state index is 11.0. The summed E-state index contributed by atoms with van der Waals surface area (Å²) >= 11 is 11.9. The molecule has 0 unspecified atom stereocenters. The summed E-state index contributed by atoms with van der Waals surface area (Å²) < 4.78 is 1.55. The molecule has 2 rings (SSSR count). The number of nitrogens with two attached hydrogens (primary N) is 1. The Morgan fingerprint density at radius 3 is 2.59 bits per heavy atom. The number of aryl methyl sites for hydroxylation is 1. The molecule has 0 aliphatic carbocycles. The van der Waals surface area contributed by atoms with Gasteiger partial charge in [-0.15, -0.1) is 0 Å². The molecule has 4 nitrogen and oxygen atoms in total. The Morgan fingerprint density at radius 2 is 2.06 bits per heavy atom. The number of benzene rings is 1. The Morgan fingerprint density at radius 1 is 1.35 bits per heavy atom. The van der Waals surface area contributed by atoms with Crippen LogP contribution in [0.25, 0.3) is 5.69 Å². The summed E-state index contributed by atoms with van der Waals surface area (Å²) in [4.78, 5) is 11.0. The second-order valence-electron chi connectivity index (χ2n) is 3.54. The van der Waals surface area contributed by atoms with Gasteiger partial charge in [-0.3, -0.25) is 4.79 Å². The average molecular weight is 270 g/mol. The summed E-state index contributed by atoms with van der Waals surface area (Å²) in [7, 11) is 0. The van der Waals surface area contributed by atoms with Crippen LogP contribution in [0.4, 0.5) is 0 Å². The first-order chi connectivity index (χ1) is 7.99. The van der Waals surface area contributed by atoms with E-state index in [1.165, 1.54) is 0 Å². The van der Waals surface area contributed by atoms with Gasteiger partial charge < -0.3 is 5.73 Å². The van der Waals surface area contributed by atoms with Gasteiger partial charge in [0.05, 0.1) is 10.7 Å². The normalized spacial score (nSPS) is 10.5. The van der Waals surface area contributed by atoms with E-state index in [9.17, 15) is 4.79 Å². The Bertz CT molecular complexity index is 592. The quantitative estimate of drug-likeness (QED) is 0.911. The lowest BCUT2D eigenvalue weighted by molar-refractivity contribution is 0.0995. The van der Waals surface area contributed by atoms with Gasteiger partial charge in [-0.1, -0.05) is 23.2 Å². The van der Waals surface area contributed by atoms with Crippen LogP contribution >= 0.6 is 23.2 Å². The van der Waals surface area contributed by atoms with E-state index >= 15 is 0 Å². The molecule has 17 heavy (non-hydrogen) atoms. The van der Waals surface area contributed by atoms with Crippen LogP contribution in [-0.4, -0.2) is 15.7 Å². The van der Waals surface area contributed by atoms with Gasteiger partial charge in [0, 0.05) is 10.7 Å². The van der Waals surface area contributed by atoms with Crippen molar-refractivity contribution in [2.75, 3.05) is 0 Å². The van der Waals surface area contributed by atoms with Gasteiger partial charge in [-0.05, 0) is 31.2 Å². The lowest BCUT2D eigenvalue weighted by atomic mass is 10.3. The molecule has 0 saturated carbocycles. The molecular weight excluding hydrogens is 261 g/mol. The molecule has 0 atom stereocenters. The number of halogens is 2. The second kappa shape index (κ2) is 4.39. The van der Waals surface area contributed by atoms with E-state index in [1.807, 2.05) is 6.92 Å². The van der Waals surface area contributed by atoms with Gasteiger partial charge in [0.15, 0.2) is 5.69 Å². The van der Waals surface area contributed by atoms with Crippen molar-refractivity contribution < 1.29 is 4.79 Å². The zero-order valence-corrected chi connectivity index (χ0v) is 10.5. The predicted molar refractivity (Wildman–Crippen MR) is 66.8 cm³/mol. The third kappa shape index (κ3) is 2.28. The van der Waals surface area contributed by atoms with E-state index in [4.69, 9.17) is 28.9 Å². The number of carbonyl (C=O) groups excluding carboxylic acids is 1. The molecule has 1 aromatic heterocycles. The van der Waals surface area contributed by atoms with Crippen molar-refractivity contribution in [2.45, 2.75) is 6.92 Å². The molecule has 0 radical (unpaired) electrons. The Hall–Kier alpha value is -1.52. The highest BCUT2D eigenvalue weighted by Crippen LogP contribution is 2.25. The van der Waals surface area contributed by atoms with E-state index in [0.29, 0.717) is 15.7 Å². The molecule has 0 aliphatic rings. The third-order valence-corrected chi connectivity index (χ3v) is 2.82. The standard InChI is InChI=1S/C11H9Cl2N3O/c1-6-4-9(11(14)17)15-16(6)10-3-2-7(12)5-8(10)13/h2-5H,1H3,(H2,14,17). The number of primary amides is 1. The van der Waals surface area contributed by atoms with Crippen LogP contribution in [0.3, 0.4) is 0 Å². The minimum Gasteiger partial charge on any atom is -0.364 e. The summed E-state index contributed by atoms with van der Waals surface area (Å²) in [5.41, 5.74) is 6.79. The van der Waals surface area contributed by atoms with Crippen molar-refractivity contribution in [3.63, 3.8) is 0 Å². The molecule has 2 N–H and O–H groups in total. The van der Waals surface area contributed by atoms with Crippen molar-refractivity contribution in [1.29, 1.82) is 0 Å². The molecule has 1 amide bonds. The number of amides is 1. The summed E-state index contributed by atoms with van der Waals surface area (Å²) in [6.45, 7) is 1.81. The lowest BCUT2D eigenvalue weighted by Gasteiger charge is -2.06. The Labute approximate surface area is 108 Å². The molecule has 0 aliphatic heterocycles. The second-order valence-corrected chi connectivity index (χ2v) is 4.39. The summed E-state index contributed by atoms with van der Waals surface area (Å²) in [6, 6.07) is 6.65. The first-order valence-corrected chi connectivity index (χ1v) is 5.56. The number of hydrogen-bond acceptors (Lipinski definition) is 2. The fourth-order valence-electron chi connectivity index (χ4n) is 1.49. The fraction of sp³-hybridized carbons (Fsp3) is 0.0909. The maximum absolute atomic E-state index is 11.0. The minimum absolute atomic E-state index is 0.202. The first kappa shape index (κ1) is 12.0. The van der Waals surface area contributed by atoms with Gasteiger partial charge in [0.1, 0.15) is 0 Å². The van der Waals surface area contributed by atoms with Gasteiger partial charge in [0.2, 0.25) is 0 Å². The van der Waals surface area contributed by atoms with Gasteiger partial charge in [0.25, 0.3) is 5.91 Å². The summed E-state index contributed by atoms with van der Waals surface area (Å²) in [5.74, 6) is -0.572. The molecule has 0 bridgehead atoms. The van der Waals surface area contributed by atoms with Crippen molar-refractivity contribution in [2.24, 2.45) is 5.73 Å². The van der Waals surface area contributed by atoms with E-state index in [-0.39, 0.29) is 5.69 Å². The van der Waals surface area contributed by atoms with E-state index < -0.39 is 5.91 Å². The van der Waals surface area contributed by atoms with Crippen LogP contribution in [0.5, 0.6) is 0 Å². The van der Waals surface area contributed by atoms with Crippen LogP contribution in [0.1, 0.15) is 16.2 Å². The average Bonchev–Trinajstić information content (AvgIpc) is 2.61. The van der Waals surface area contributed by atoms with Crippen LogP contribution in [-0.2, 0) is 0 Å². The largest absolute Gasteiger partial charge is 0.364 e. The summed E-state index contributed by atoms with van der Waals surface area (Å²) in [5, 5.41) is 5.08. The Kier molecular flexibility index (Phi) is 3.09. The topological polar surface area (TPSA) is 60.9 Å². The van der Waals surface area contributed by atoms with Crippen molar-refractivity contribution in [1.82, 2.24) is 9.78 Å². The zero-order chi connectivity index (χ0) is 12.6.